The van der Waals surface area contributed by atoms with E-state index >= 15 is 0 Å². The van der Waals surface area contributed by atoms with Crippen LogP contribution in [0.5, 0.6) is 0 Å². The number of rotatable bonds is 6. The van der Waals surface area contributed by atoms with Crippen LogP contribution in [0.3, 0.4) is 0 Å². The molecule has 0 aromatic heterocycles. The number of carboxylic acids is 1. The number of nitrogens with zero attached hydrogens (tertiary/aromatic N) is 1. The first-order valence-corrected chi connectivity index (χ1v) is 11.8. The molecule has 2 amide bonds. The van der Waals surface area contributed by atoms with Crippen LogP contribution in [0.15, 0.2) is 42.5 Å². The molecule has 1 saturated carbocycles. The van der Waals surface area contributed by atoms with Gasteiger partial charge in [0.2, 0.25) is 5.91 Å². The highest BCUT2D eigenvalue weighted by atomic mass is 16.5. The van der Waals surface area contributed by atoms with Gasteiger partial charge in [-0.1, -0.05) is 25.0 Å². The van der Waals surface area contributed by atoms with Crippen molar-refractivity contribution in [1.29, 1.82) is 0 Å². The third kappa shape index (κ3) is 5.56. The van der Waals surface area contributed by atoms with Crippen LogP contribution in [0.2, 0.25) is 0 Å². The Kier molecular flexibility index (Phi) is 7.47. The van der Waals surface area contributed by atoms with Crippen molar-refractivity contribution in [2.45, 2.75) is 32.6 Å². The fourth-order valence-electron chi connectivity index (χ4n) is 4.77. The lowest BCUT2D eigenvalue weighted by Gasteiger charge is -2.31. The van der Waals surface area contributed by atoms with E-state index in [-0.39, 0.29) is 11.8 Å². The highest BCUT2D eigenvalue weighted by Crippen LogP contribution is 2.32. The maximum atomic E-state index is 13.3. The average molecular weight is 466 g/mol. The minimum absolute atomic E-state index is 0.274. The number of hydrogen-bond donors (Lipinski definition) is 3. The van der Waals surface area contributed by atoms with Crippen molar-refractivity contribution in [3.05, 3.63) is 53.6 Å². The topological polar surface area (TPSA) is 108 Å². The SMILES string of the molecule is Cc1cccc(NC(=O)c2cc(NC(=O)[C@H]3CCCC[C@H]3C(=O)O)ccc2N2CCOCC2)c1. The first-order valence-electron chi connectivity index (χ1n) is 11.8. The lowest BCUT2D eigenvalue weighted by Crippen LogP contribution is -2.37. The molecule has 0 bridgehead atoms. The molecule has 2 aromatic rings. The van der Waals surface area contributed by atoms with Gasteiger partial charge >= 0.3 is 5.97 Å². The van der Waals surface area contributed by atoms with Crippen LogP contribution in [0.25, 0.3) is 0 Å². The molecule has 1 aliphatic heterocycles. The molecule has 2 aromatic carbocycles. The van der Waals surface area contributed by atoms with Gasteiger partial charge in [-0.2, -0.15) is 0 Å². The van der Waals surface area contributed by atoms with E-state index in [0.717, 1.165) is 24.1 Å². The van der Waals surface area contributed by atoms with Crippen molar-refractivity contribution in [2.24, 2.45) is 11.8 Å². The van der Waals surface area contributed by atoms with E-state index < -0.39 is 17.8 Å². The predicted octanol–water partition coefficient (Wildman–Crippen LogP) is 3.91. The minimum Gasteiger partial charge on any atom is -0.481 e. The monoisotopic (exact) mass is 465 g/mol. The molecule has 2 fully saturated rings. The van der Waals surface area contributed by atoms with Crippen LogP contribution < -0.4 is 15.5 Å². The molecule has 0 spiro atoms. The highest BCUT2D eigenvalue weighted by molar-refractivity contribution is 6.09. The molecule has 180 valence electrons. The van der Waals surface area contributed by atoms with E-state index in [2.05, 4.69) is 15.5 Å². The number of aliphatic carboxylic acids is 1. The summed E-state index contributed by atoms with van der Waals surface area (Å²) < 4.78 is 5.46. The number of carbonyl (C=O) groups excluding carboxylic acids is 2. The van der Waals surface area contributed by atoms with Crippen LogP contribution in [0, 0.1) is 18.8 Å². The summed E-state index contributed by atoms with van der Waals surface area (Å²) in [5.74, 6) is -2.76. The number of carbonyl (C=O) groups is 3. The van der Waals surface area contributed by atoms with Crippen LogP contribution in [-0.4, -0.2) is 49.2 Å². The smallest absolute Gasteiger partial charge is 0.307 e. The number of aryl methyl sites for hydroxylation is 1. The zero-order valence-electron chi connectivity index (χ0n) is 19.4. The zero-order chi connectivity index (χ0) is 24.1. The molecule has 4 rings (SSSR count). The van der Waals surface area contributed by atoms with Crippen molar-refractivity contribution in [2.75, 3.05) is 41.8 Å². The highest BCUT2D eigenvalue weighted by Gasteiger charge is 2.35. The van der Waals surface area contributed by atoms with E-state index in [0.29, 0.717) is 56.1 Å². The van der Waals surface area contributed by atoms with E-state index in [1.54, 1.807) is 12.1 Å². The molecule has 1 aliphatic carbocycles. The van der Waals surface area contributed by atoms with Gasteiger partial charge in [-0.25, -0.2) is 0 Å². The van der Waals surface area contributed by atoms with Gasteiger partial charge in [0.05, 0.1) is 30.6 Å². The molecule has 0 unspecified atom stereocenters. The fraction of sp³-hybridized carbons (Fsp3) is 0.423. The van der Waals surface area contributed by atoms with E-state index in [1.165, 1.54) is 0 Å². The van der Waals surface area contributed by atoms with Crippen LogP contribution in [-0.2, 0) is 14.3 Å². The Hall–Kier alpha value is -3.39. The number of morpholine rings is 1. The van der Waals surface area contributed by atoms with Crippen LogP contribution in [0.1, 0.15) is 41.6 Å². The fourth-order valence-corrected chi connectivity index (χ4v) is 4.77. The Morgan fingerprint density at radius 3 is 2.35 bits per heavy atom. The second kappa shape index (κ2) is 10.7. The molecule has 1 heterocycles. The Balaban J connectivity index is 1.59. The Morgan fingerprint density at radius 2 is 1.65 bits per heavy atom. The van der Waals surface area contributed by atoms with Gasteiger partial charge in [-0.05, 0) is 55.7 Å². The molecular weight excluding hydrogens is 434 g/mol. The summed E-state index contributed by atoms with van der Waals surface area (Å²) in [6.07, 6.45) is 2.71. The number of hydrogen-bond acceptors (Lipinski definition) is 5. The van der Waals surface area contributed by atoms with Gasteiger partial charge in [-0.15, -0.1) is 0 Å². The van der Waals surface area contributed by atoms with Gasteiger partial charge in [0.25, 0.3) is 5.91 Å². The molecule has 2 aliphatic rings. The summed E-state index contributed by atoms with van der Waals surface area (Å²) in [5, 5.41) is 15.4. The van der Waals surface area contributed by atoms with E-state index in [9.17, 15) is 19.5 Å². The third-order valence-electron chi connectivity index (χ3n) is 6.56. The molecular formula is C26H31N3O5. The Labute approximate surface area is 199 Å². The lowest BCUT2D eigenvalue weighted by atomic mass is 9.78. The average Bonchev–Trinajstić information content (AvgIpc) is 2.84. The molecule has 3 N–H and O–H groups in total. The molecule has 8 nitrogen and oxygen atoms in total. The van der Waals surface area contributed by atoms with Crippen molar-refractivity contribution in [3.8, 4) is 0 Å². The summed E-state index contributed by atoms with van der Waals surface area (Å²) in [6.45, 7) is 4.45. The number of amides is 2. The second-order valence-corrected chi connectivity index (χ2v) is 8.98. The normalized spacial score (nSPS) is 20.4. The minimum atomic E-state index is -0.930. The van der Waals surface area contributed by atoms with E-state index in [1.807, 2.05) is 37.3 Å². The number of ether oxygens (including phenoxy) is 1. The largest absolute Gasteiger partial charge is 0.481 e. The quantitative estimate of drug-likeness (QED) is 0.597. The van der Waals surface area contributed by atoms with Crippen molar-refractivity contribution < 1.29 is 24.2 Å². The van der Waals surface area contributed by atoms with Gasteiger partial charge in [-0.3, -0.25) is 14.4 Å². The Bertz CT molecular complexity index is 1060. The van der Waals surface area contributed by atoms with Gasteiger partial charge in [0, 0.05) is 30.2 Å². The lowest BCUT2D eigenvalue weighted by molar-refractivity contribution is -0.147. The first-order chi connectivity index (χ1) is 16.4. The summed E-state index contributed by atoms with van der Waals surface area (Å²) in [5.41, 5.74) is 3.42. The second-order valence-electron chi connectivity index (χ2n) is 8.98. The standard InChI is InChI=1S/C26H31N3O5/c1-17-5-4-6-18(15-17)27-25(31)22-16-19(9-10-23(22)29-11-13-34-14-12-29)28-24(30)20-7-2-3-8-21(20)26(32)33/h4-6,9-10,15-16,20-21H,2-3,7-8,11-14H2,1H3,(H,27,31)(H,28,30)(H,32,33)/t20-,21+/m0/s1. The number of anilines is 3. The van der Waals surface area contributed by atoms with E-state index in [4.69, 9.17) is 4.74 Å². The summed E-state index contributed by atoms with van der Waals surface area (Å²) >= 11 is 0. The number of benzene rings is 2. The predicted molar refractivity (Wildman–Crippen MR) is 130 cm³/mol. The summed E-state index contributed by atoms with van der Waals surface area (Å²) in [4.78, 5) is 40.0. The maximum absolute atomic E-state index is 13.3. The first kappa shape index (κ1) is 23.8. The number of nitrogens with one attached hydrogen (secondary N) is 2. The van der Waals surface area contributed by atoms with Crippen LogP contribution >= 0.6 is 0 Å². The molecule has 2 atom stereocenters. The van der Waals surface area contributed by atoms with Crippen molar-refractivity contribution in [3.63, 3.8) is 0 Å². The Morgan fingerprint density at radius 1 is 0.941 bits per heavy atom. The van der Waals surface area contributed by atoms with Gasteiger partial charge in [0.1, 0.15) is 0 Å². The molecule has 8 heteroatoms. The molecule has 34 heavy (non-hydrogen) atoms. The van der Waals surface area contributed by atoms with Crippen molar-refractivity contribution in [1.82, 2.24) is 0 Å². The third-order valence-corrected chi connectivity index (χ3v) is 6.56. The zero-order valence-corrected chi connectivity index (χ0v) is 19.4. The summed E-state index contributed by atoms with van der Waals surface area (Å²) in [7, 11) is 0. The molecule has 1 saturated heterocycles. The van der Waals surface area contributed by atoms with Crippen molar-refractivity contribution >= 4 is 34.8 Å². The maximum Gasteiger partial charge on any atom is 0.307 e. The number of carboxylic acid groups (broad SMARTS) is 1. The molecule has 0 radical (unpaired) electrons. The van der Waals surface area contributed by atoms with Gasteiger partial charge < -0.3 is 25.4 Å². The van der Waals surface area contributed by atoms with Gasteiger partial charge in [0.15, 0.2) is 0 Å². The summed E-state index contributed by atoms with van der Waals surface area (Å²) in [6, 6.07) is 12.8. The van der Waals surface area contributed by atoms with Crippen LogP contribution in [0.4, 0.5) is 17.1 Å².